The molecule has 2 heterocycles. The number of carbonyl (C=O) groups excluding carboxylic acids is 2. The van der Waals surface area contributed by atoms with Crippen LogP contribution in [0, 0.1) is 0 Å². The molecule has 0 atom stereocenters. The summed E-state index contributed by atoms with van der Waals surface area (Å²) in [4.78, 5) is 26.1. The van der Waals surface area contributed by atoms with Crippen LogP contribution in [-0.2, 0) is 17.9 Å². The molecule has 7 heteroatoms. The van der Waals surface area contributed by atoms with Crippen molar-refractivity contribution < 1.29 is 14.3 Å². The summed E-state index contributed by atoms with van der Waals surface area (Å²) in [5, 5.41) is 7.24. The van der Waals surface area contributed by atoms with Crippen LogP contribution < -0.4 is 5.32 Å². The van der Waals surface area contributed by atoms with Gasteiger partial charge in [0, 0.05) is 25.7 Å². The summed E-state index contributed by atoms with van der Waals surface area (Å²) in [6.07, 6.45) is 1.77. The SMILES string of the molecule is CN1CCn2nc(C(=O)NC3CC(OCc4ccccc4)C3)cc2C1=O. The van der Waals surface area contributed by atoms with Gasteiger partial charge in [-0.05, 0) is 18.4 Å². The van der Waals surface area contributed by atoms with E-state index >= 15 is 0 Å². The zero-order valence-electron chi connectivity index (χ0n) is 14.7. The predicted molar refractivity (Wildman–Crippen MR) is 94.7 cm³/mol. The molecule has 0 radical (unpaired) electrons. The van der Waals surface area contributed by atoms with Gasteiger partial charge in [-0.1, -0.05) is 30.3 Å². The first-order valence-electron chi connectivity index (χ1n) is 8.90. The van der Waals surface area contributed by atoms with Crippen molar-refractivity contribution >= 4 is 11.8 Å². The third-order valence-electron chi connectivity index (χ3n) is 4.98. The molecule has 1 N–H and O–H groups in total. The average Bonchev–Trinajstić information content (AvgIpc) is 3.06. The summed E-state index contributed by atoms with van der Waals surface area (Å²) < 4.78 is 7.47. The van der Waals surface area contributed by atoms with Gasteiger partial charge in [-0.25, -0.2) is 0 Å². The maximum Gasteiger partial charge on any atom is 0.272 e. The smallest absolute Gasteiger partial charge is 0.272 e. The van der Waals surface area contributed by atoms with Gasteiger partial charge in [-0.15, -0.1) is 0 Å². The first-order valence-corrected chi connectivity index (χ1v) is 8.90. The van der Waals surface area contributed by atoms with E-state index in [1.807, 2.05) is 30.3 Å². The summed E-state index contributed by atoms with van der Waals surface area (Å²) in [6, 6.07) is 11.7. The summed E-state index contributed by atoms with van der Waals surface area (Å²) in [5.74, 6) is -0.324. The van der Waals surface area contributed by atoms with E-state index in [4.69, 9.17) is 4.74 Å². The van der Waals surface area contributed by atoms with E-state index in [9.17, 15) is 9.59 Å². The van der Waals surface area contributed by atoms with Crippen LogP contribution in [0.25, 0.3) is 0 Å². The number of carbonyl (C=O) groups is 2. The van der Waals surface area contributed by atoms with Gasteiger partial charge in [-0.3, -0.25) is 14.3 Å². The number of benzene rings is 1. The number of fused-ring (bicyclic) bond motifs is 1. The van der Waals surface area contributed by atoms with Crippen LogP contribution in [0.2, 0.25) is 0 Å². The van der Waals surface area contributed by atoms with Gasteiger partial charge < -0.3 is 15.0 Å². The average molecular weight is 354 g/mol. The van der Waals surface area contributed by atoms with Crippen molar-refractivity contribution in [1.29, 1.82) is 0 Å². The fraction of sp³-hybridized carbons (Fsp3) is 0.421. The Labute approximate surface area is 151 Å². The van der Waals surface area contributed by atoms with Crippen LogP contribution in [0.15, 0.2) is 36.4 Å². The van der Waals surface area contributed by atoms with Crippen LogP contribution >= 0.6 is 0 Å². The number of aromatic nitrogens is 2. The Hall–Kier alpha value is -2.67. The third kappa shape index (κ3) is 3.35. The topological polar surface area (TPSA) is 76.5 Å². The number of hydrogen-bond acceptors (Lipinski definition) is 4. The molecule has 0 bridgehead atoms. The Bertz CT molecular complexity index is 811. The Kier molecular flexibility index (Phi) is 4.46. The highest BCUT2D eigenvalue weighted by atomic mass is 16.5. The monoisotopic (exact) mass is 354 g/mol. The molecule has 2 amide bonds. The zero-order valence-corrected chi connectivity index (χ0v) is 14.7. The lowest BCUT2D eigenvalue weighted by Crippen LogP contribution is -2.47. The van der Waals surface area contributed by atoms with Crippen molar-refractivity contribution in [3.05, 3.63) is 53.3 Å². The maximum absolute atomic E-state index is 12.4. The second-order valence-corrected chi connectivity index (χ2v) is 6.93. The molecule has 7 nitrogen and oxygen atoms in total. The number of amides is 2. The second-order valence-electron chi connectivity index (χ2n) is 6.93. The minimum atomic E-state index is -0.228. The fourth-order valence-electron chi connectivity index (χ4n) is 3.28. The van der Waals surface area contributed by atoms with Crippen molar-refractivity contribution in [3.63, 3.8) is 0 Å². The van der Waals surface area contributed by atoms with E-state index in [1.54, 1.807) is 22.7 Å². The van der Waals surface area contributed by atoms with E-state index in [0.29, 0.717) is 31.1 Å². The molecule has 2 aliphatic rings. The van der Waals surface area contributed by atoms with Crippen LogP contribution in [0.4, 0.5) is 0 Å². The van der Waals surface area contributed by atoms with Gasteiger partial charge >= 0.3 is 0 Å². The van der Waals surface area contributed by atoms with Gasteiger partial charge in [0.05, 0.1) is 19.3 Å². The number of likely N-dealkylation sites (N-methyl/N-ethyl adjacent to an activating group) is 1. The molecule has 4 rings (SSSR count). The lowest BCUT2D eigenvalue weighted by molar-refractivity contribution is -0.0251. The third-order valence-corrected chi connectivity index (χ3v) is 4.98. The van der Waals surface area contributed by atoms with Crippen LogP contribution in [0.1, 0.15) is 39.4 Å². The normalized spacial score (nSPS) is 21.9. The standard InChI is InChI=1S/C19H22N4O3/c1-22-7-8-23-17(19(22)25)11-16(21-23)18(24)20-14-9-15(10-14)26-12-13-5-3-2-4-6-13/h2-6,11,14-15H,7-10,12H2,1H3,(H,20,24). The van der Waals surface area contributed by atoms with Gasteiger partial charge in [0.1, 0.15) is 5.69 Å². The lowest BCUT2D eigenvalue weighted by atomic mass is 9.89. The maximum atomic E-state index is 12.4. The van der Waals surface area contributed by atoms with E-state index < -0.39 is 0 Å². The van der Waals surface area contributed by atoms with Crippen LogP contribution in [0.5, 0.6) is 0 Å². The number of ether oxygens (including phenoxy) is 1. The van der Waals surface area contributed by atoms with Crippen LogP contribution in [0.3, 0.4) is 0 Å². The molecule has 0 spiro atoms. The van der Waals surface area contributed by atoms with Crippen molar-refractivity contribution in [2.24, 2.45) is 0 Å². The summed E-state index contributed by atoms with van der Waals surface area (Å²) in [6.45, 7) is 1.82. The van der Waals surface area contributed by atoms with Gasteiger partial charge in [0.2, 0.25) is 0 Å². The molecule has 0 unspecified atom stereocenters. The Morgan fingerprint density at radius 3 is 2.81 bits per heavy atom. The summed E-state index contributed by atoms with van der Waals surface area (Å²) in [7, 11) is 1.75. The van der Waals surface area contributed by atoms with Gasteiger partial charge in [0.15, 0.2) is 5.69 Å². The highest BCUT2D eigenvalue weighted by Crippen LogP contribution is 2.25. The van der Waals surface area contributed by atoms with Crippen molar-refractivity contribution in [1.82, 2.24) is 20.0 Å². The molecule has 1 fully saturated rings. The highest BCUT2D eigenvalue weighted by Gasteiger charge is 2.32. The Morgan fingerprint density at radius 2 is 2.04 bits per heavy atom. The molecule has 136 valence electrons. The number of rotatable bonds is 5. The molecular formula is C19H22N4O3. The second kappa shape index (κ2) is 6.92. The van der Waals surface area contributed by atoms with Crippen molar-refractivity contribution in [3.8, 4) is 0 Å². The highest BCUT2D eigenvalue weighted by molar-refractivity contribution is 5.98. The summed E-state index contributed by atoms with van der Waals surface area (Å²) in [5.41, 5.74) is 1.93. The first kappa shape index (κ1) is 16.8. The van der Waals surface area contributed by atoms with Crippen LogP contribution in [-0.4, -0.2) is 52.2 Å². The Balaban J connectivity index is 1.26. The zero-order chi connectivity index (χ0) is 18.1. The number of hydrogen-bond donors (Lipinski definition) is 1. The Morgan fingerprint density at radius 1 is 1.27 bits per heavy atom. The molecule has 1 aliphatic heterocycles. The first-order chi connectivity index (χ1) is 12.6. The lowest BCUT2D eigenvalue weighted by Gasteiger charge is -2.35. The van der Waals surface area contributed by atoms with E-state index in [1.165, 1.54) is 0 Å². The number of nitrogens with one attached hydrogen (secondary N) is 1. The minimum Gasteiger partial charge on any atom is -0.373 e. The van der Waals surface area contributed by atoms with Gasteiger partial charge in [0.25, 0.3) is 11.8 Å². The number of nitrogens with zero attached hydrogens (tertiary/aromatic N) is 3. The van der Waals surface area contributed by atoms with E-state index in [0.717, 1.165) is 18.4 Å². The molecule has 1 aromatic carbocycles. The van der Waals surface area contributed by atoms with E-state index in [2.05, 4.69) is 10.4 Å². The molecule has 26 heavy (non-hydrogen) atoms. The molecule has 0 saturated heterocycles. The largest absolute Gasteiger partial charge is 0.373 e. The minimum absolute atomic E-state index is 0.0965. The van der Waals surface area contributed by atoms with Gasteiger partial charge in [-0.2, -0.15) is 5.10 Å². The van der Waals surface area contributed by atoms with Crippen molar-refractivity contribution in [2.45, 2.75) is 38.1 Å². The molecule has 1 saturated carbocycles. The molecule has 1 aromatic heterocycles. The molecular weight excluding hydrogens is 332 g/mol. The predicted octanol–water partition coefficient (Wildman–Crippen LogP) is 1.45. The molecule has 1 aliphatic carbocycles. The van der Waals surface area contributed by atoms with E-state index in [-0.39, 0.29) is 24.0 Å². The molecule has 2 aromatic rings. The fourth-order valence-corrected chi connectivity index (χ4v) is 3.28. The summed E-state index contributed by atoms with van der Waals surface area (Å²) >= 11 is 0. The quantitative estimate of drug-likeness (QED) is 0.882. The van der Waals surface area contributed by atoms with Crippen molar-refractivity contribution in [2.75, 3.05) is 13.6 Å².